The Kier molecular flexibility index (Phi) is 6.96. The first-order valence-electron chi connectivity index (χ1n) is 10.1. The lowest BCUT2D eigenvalue weighted by Gasteiger charge is -2.25. The van der Waals surface area contributed by atoms with Crippen LogP contribution in [0.1, 0.15) is 6.42 Å². The standard InChI is InChI=1S/C23H25ClN2O5/c1-25-19-5-4-15(10-18(19)24)31-21-6-7-26-20-12-23(22(27-2)11-17(20)21)30-9-3-8-29-16-13-28-14-16/h4-7,10-12,16,25H,3,8-9,13-14H2,1-2H3. The third kappa shape index (κ3) is 5.12. The zero-order valence-electron chi connectivity index (χ0n) is 17.5. The van der Waals surface area contributed by atoms with Crippen LogP contribution in [0.3, 0.4) is 0 Å². The van der Waals surface area contributed by atoms with Crippen molar-refractivity contribution in [3.05, 3.63) is 47.6 Å². The molecule has 7 nitrogen and oxygen atoms in total. The van der Waals surface area contributed by atoms with Gasteiger partial charge in [-0.3, -0.25) is 4.98 Å². The Morgan fingerprint density at radius 3 is 2.68 bits per heavy atom. The van der Waals surface area contributed by atoms with Crippen LogP contribution in [0.5, 0.6) is 23.0 Å². The van der Waals surface area contributed by atoms with Gasteiger partial charge in [0, 0.05) is 37.2 Å². The lowest BCUT2D eigenvalue weighted by atomic mass is 10.1. The number of methoxy groups -OCH3 is 1. The van der Waals surface area contributed by atoms with E-state index in [9.17, 15) is 0 Å². The second-order valence-corrected chi connectivity index (χ2v) is 7.46. The molecule has 1 aromatic heterocycles. The topological polar surface area (TPSA) is 71.1 Å². The van der Waals surface area contributed by atoms with Crippen LogP contribution in [-0.4, -0.2) is 51.7 Å². The Labute approximate surface area is 186 Å². The van der Waals surface area contributed by atoms with E-state index in [-0.39, 0.29) is 6.10 Å². The van der Waals surface area contributed by atoms with Gasteiger partial charge in [-0.15, -0.1) is 0 Å². The van der Waals surface area contributed by atoms with Crippen LogP contribution in [-0.2, 0) is 9.47 Å². The van der Waals surface area contributed by atoms with Gasteiger partial charge < -0.3 is 29.0 Å². The quantitative estimate of drug-likeness (QED) is 0.445. The summed E-state index contributed by atoms with van der Waals surface area (Å²) in [6.07, 6.45) is 2.70. The Balaban J connectivity index is 1.48. The summed E-state index contributed by atoms with van der Waals surface area (Å²) in [6, 6.07) is 11.0. The summed E-state index contributed by atoms with van der Waals surface area (Å²) in [4.78, 5) is 4.46. The summed E-state index contributed by atoms with van der Waals surface area (Å²) in [5, 5.41) is 4.43. The predicted octanol–water partition coefficient (Wildman–Crippen LogP) is 4.92. The summed E-state index contributed by atoms with van der Waals surface area (Å²) in [6.45, 7) is 2.51. The summed E-state index contributed by atoms with van der Waals surface area (Å²) in [5.41, 5.74) is 1.58. The van der Waals surface area contributed by atoms with Gasteiger partial charge in [0.2, 0.25) is 0 Å². The minimum absolute atomic E-state index is 0.224. The number of benzene rings is 2. The van der Waals surface area contributed by atoms with Gasteiger partial charge in [0.1, 0.15) is 17.6 Å². The Hall–Kier alpha value is -2.74. The molecule has 1 aliphatic heterocycles. The van der Waals surface area contributed by atoms with Crippen molar-refractivity contribution in [3.63, 3.8) is 0 Å². The average molecular weight is 445 g/mol. The molecule has 0 saturated carbocycles. The van der Waals surface area contributed by atoms with E-state index in [1.54, 1.807) is 19.4 Å². The molecule has 1 fully saturated rings. The lowest BCUT2D eigenvalue weighted by molar-refractivity contribution is -0.130. The first-order chi connectivity index (χ1) is 15.2. The molecular weight excluding hydrogens is 420 g/mol. The molecule has 1 N–H and O–H groups in total. The van der Waals surface area contributed by atoms with Crippen LogP contribution < -0.4 is 19.5 Å². The molecule has 31 heavy (non-hydrogen) atoms. The maximum Gasteiger partial charge on any atom is 0.163 e. The molecule has 0 radical (unpaired) electrons. The summed E-state index contributed by atoms with van der Waals surface area (Å²) in [5.74, 6) is 2.53. The highest BCUT2D eigenvalue weighted by Gasteiger charge is 2.18. The molecule has 1 aliphatic rings. The molecule has 0 atom stereocenters. The summed E-state index contributed by atoms with van der Waals surface area (Å²) >= 11 is 6.28. The minimum atomic E-state index is 0.224. The second kappa shape index (κ2) is 10.0. The highest BCUT2D eigenvalue weighted by molar-refractivity contribution is 6.33. The molecule has 8 heteroatoms. The molecule has 0 aliphatic carbocycles. The number of nitrogens with one attached hydrogen (secondary N) is 1. The molecule has 1 saturated heterocycles. The van der Waals surface area contributed by atoms with E-state index in [0.29, 0.717) is 54.4 Å². The van der Waals surface area contributed by atoms with Crippen LogP contribution in [0, 0.1) is 0 Å². The van der Waals surface area contributed by atoms with E-state index in [1.807, 2.05) is 37.4 Å². The van der Waals surface area contributed by atoms with Gasteiger partial charge in [0.05, 0.1) is 49.8 Å². The Morgan fingerprint density at radius 2 is 1.97 bits per heavy atom. The van der Waals surface area contributed by atoms with E-state index in [4.69, 9.17) is 35.3 Å². The van der Waals surface area contributed by atoms with Gasteiger partial charge in [0.25, 0.3) is 0 Å². The number of nitrogens with zero attached hydrogens (tertiary/aromatic N) is 1. The molecule has 3 aromatic rings. The molecule has 2 aromatic carbocycles. The number of rotatable bonds is 10. The van der Waals surface area contributed by atoms with E-state index in [1.165, 1.54) is 0 Å². The van der Waals surface area contributed by atoms with E-state index in [0.717, 1.165) is 23.0 Å². The van der Waals surface area contributed by atoms with Crippen LogP contribution in [0.15, 0.2) is 42.6 Å². The molecule has 0 bridgehead atoms. The first kappa shape index (κ1) is 21.5. The number of anilines is 1. The summed E-state index contributed by atoms with van der Waals surface area (Å²) < 4.78 is 28.3. The van der Waals surface area contributed by atoms with Crippen molar-refractivity contribution in [2.24, 2.45) is 0 Å². The molecule has 2 heterocycles. The van der Waals surface area contributed by atoms with Crippen molar-refractivity contribution in [3.8, 4) is 23.0 Å². The van der Waals surface area contributed by atoms with E-state index in [2.05, 4.69) is 10.3 Å². The zero-order chi connectivity index (χ0) is 21.6. The largest absolute Gasteiger partial charge is 0.493 e. The molecule has 4 rings (SSSR count). The predicted molar refractivity (Wildman–Crippen MR) is 120 cm³/mol. The van der Waals surface area contributed by atoms with Crippen molar-refractivity contribution in [2.75, 3.05) is 45.9 Å². The molecule has 0 spiro atoms. The van der Waals surface area contributed by atoms with Gasteiger partial charge in [-0.2, -0.15) is 0 Å². The SMILES string of the molecule is CNc1ccc(Oc2ccnc3cc(OCCCOC4COC4)c(OC)cc23)cc1Cl. The highest BCUT2D eigenvalue weighted by atomic mass is 35.5. The van der Waals surface area contributed by atoms with Crippen molar-refractivity contribution < 1.29 is 23.7 Å². The number of aromatic nitrogens is 1. The van der Waals surface area contributed by atoms with Gasteiger partial charge in [-0.25, -0.2) is 0 Å². The van der Waals surface area contributed by atoms with Crippen LogP contribution in [0.2, 0.25) is 5.02 Å². The third-order valence-corrected chi connectivity index (χ3v) is 5.24. The van der Waals surface area contributed by atoms with Gasteiger partial charge >= 0.3 is 0 Å². The fourth-order valence-electron chi connectivity index (χ4n) is 3.18. The monoisotopic (exact) mass is 444 g/mol. The van der Waals surface area contributed by atoms with E-state index >= 15 is 0 Å². The number of hydrogen-bond acceptors (Lipinski definition) is 7. The van der Waals surface area contributed by atoms with Crippen LogP contribution >= 0.6 is 11.6 Å². The zero-order valence-corrected chi connectivity index (χ0v) is 18.3. The molecule has 164 valence electrons. The number of ether oxygens (including phenoxy) is 5. The van der Waals surface area contributed by atoms with Gasteiger partial charge in [-0.05, 0) is 24.3 Å². The van der Waals surface area contributed by atoms with Crippen LogP contribution in [0.25, 0.3) is 10.9 Å². The maximum absolute atomic E-state index is 6.28. The van der Waals surface area contributed by atoms with Crippen LogP contribution in [0.4, 0.5) is 5.69 Å². The fourth-order valence-corrected chi connectivity index (χ4v) is 3.45. The first-order valence-corrected chi connectivity index (χ1v) is 10.5. The van der Waals surface area contributed by atoms with Gasteiger partial charge in [0.15, 0.2) is 11.5 Å². The Morgan fingerprint density at radius 1 is 1.10 bits per heavy atom. The van der Waals surface area contributed by atoms with Gasteiger partial charge in [-0.1, -0.05) is 11.6 Å². The Bertz CT molecular complexity index is 1040. The molecule has 0 amide bonds. The maximum atomic E-state index is 6.28. The number of halogens is 1. The van der Waals surface area contributed by atoms with Crippen molar-refractivity contribution >= 4 is 28.2 Å². The lowest BCUT2D eigenvalue weighted by Crippen LogP contribution is -2.36. The molecular formula is C23H25ClN2O5. The smallest absolute Gasteiger partial charge is 0.163 e. The van der Waals surface area contributed by atoms with Crippen molar-refractivity contribution in [1.29, 1.82) is 0 Å². The van der Waals surface area contributed by atoms with E-state index < -0.39 is 0 Å². The summed E-state index contributed by atoms with van der Waals surface area (Å²) in [7, 11) is 3.43. The number of pyridine rings is 1. The van der Waals surface area contributed by atoms with Crippen molar-refractivity contribution in [2.45, 2.75) is 12.5 Å². The second-order valence-electron chi connectivity index (χ2n) is 7.06. The third-order valence-electron chi connectivity index (χ3n) is 4.93. The van der Waals surface area contributed by atoms with Crippen molar-refractivity contribution in [1.82, 2.24) is 4.98 Å². The number of fused-ring (bicyclic) bond motifs is 1. The highest BCUT2D eigenvalue weighted by Crippen LogP contribution is 2.38. The minimum Gasteiger partial charge on any atom is -0.493 e. The number of hydrogen-bond donors (Lipinski definition) is 1. The molecule has 0 unspecified atom stereocenters. The fraction of sp³-hybridized carbons (Fsp3) is 0.348. The normalized spacial score (nSPS) is 13.6. The average Bonchev–Trinajstić information content (AvgIpc) is 2.74.